The Morgan fingerprint density at radius 3 is 2.81 bits per heavy atom. The summed E-state index contributed by atoms with van der Waals surface area (Å²) in [6.07, 6.45) is 0.526. The Kier molecular flexibility index (Phi) is 4.17. The lowest BCUT2D eigenvalue weighted by molar-refractivity contribution is -0.146. The van der Waals surface area contributed by atoms with Crippen LogP contribution < -0.4 is 10.2 Å². The smallest absolute Gasteiger partial charge is 0.343 e. The molecule has 3 aromatic rings. The van der Waals surface area contributed by atoms with E-state index in [2.05, 4.69) is 20.4 Å². The molecule has 140 valence electrons. The molecule has 1 atom stereocenters. The van der Waals surface area contributed by atoms with Crippen molar-refractivity contribution in [1.29, 1.82) is 0 Å². The monoisotopic (exact) mass is 376 g/mol. The number of pyridine rings is 1. The molecule has 1 aliphatic rings. The molecule has 0 saturated carbocycles. The van der Waals surface area contributed by atoms with Gasteiger partial charge in [0.25, 0.3) is 5.91 Å². The van der Waals surface area contributed by atoms with Crippen LogP contribution in [0.5, 0.6) is 0 Å². The minimum atomic E-state index is -4.33. The van der Waals surface area contributed by atoms with E-state index in [-0.39, 0.29) is 24.5 Å². The summed E-state index contributed by atoms with van der Waals surface area (Å²) in [5.41, 5.74) is 0.988. The average molecular weight is 376 g/mol. The normalized spacial score (nSPS) is 17.4. The molecule has 10 heteroatoms. The number of aromatic nitrogens is 4. The number of hydrogen-bond donors (Lipinski definition) is 1. The predicted octanol–water partition coefficient (Wildman–Crippen LogP) is 2.91. The Bertz CT molecular complexity index is 972. The van der Waals surface area contributed by atoms with Gasteiger partial charge in [0.2, 0.25) is 0 Å². The summed E-state index contributed by atoms with van der Waals surface area (Å²) >= 11 is 0. The van der Waals surface area contributed by atoms with E-state index in [0.717, 1.165) is 0 Å². The Labute approximate surface area is 151 Å². The number of carbonyl (C=O) groups is 1. The Balaban J connectivity index is 1.66. The van der Waals surface area contributed by atoms with E-state index >= 15 is 0 Å². The van der Waals surface area contributed by atoms with Gasteiger partial charge in [-0.1, -0.05) is 0 Å². The van der Waals surface area contributed by atoms with Crippen LogP contribution >= 0.6 is 0 Å². The number of amides is 1. The van der Waals surface area contributed by atoms with E-state index in [1.54, 1.807) is 24.4 Å². The largest absolute Gasteiger partial charge is 0.408 e. The Hall–Kier alpha value is -3.17. The lowest BCUT2D eigenvalue weighted by Gasteiger charge is -2.27. The zero-order chi connectivity index (χ0) is 19.0. The molecule has 27 heavy (non-hydrogen) atoms. The van der Waals surface area contributed by atoms with Crippen LogP contribution in [0.15, 0.2) is 42.9 Å². The molecule has 1 N–H and O–H groups in total. The Morgan fingerprint density at radius 1 is 1.22 bits per heavy atom. The summed E-state index contributed by atoms with van der Waals surface area (Å²) < 4.78 is 41.0. The van der Waals surface area contributed by atoms with Crippen molar-refractivity contribution in [2.75, 3.05) is 16.8 Å². The van der Waals surface area contributed by atoms with E-state index in [1.807, 2.05) is 0 Å². The van der Waals surface area contributed by atoms with Gasteiger partial charge >= 0.3 is 6.18 Å². The van der Waals surface area contributed by atoms with Crippen LogP contribution in [0, 0.1) is 0 Å². The molecule has 4 rings (SSSR count). The van der Waals surface area contributed by atoms with Gasteiger partial charge in [0.05, 0.1) is 18.1 Å². The number of halogens is 3. The zero-order valence-electron chi connectivity index (χ0n) is 14.0. The van der Waals surface area contributed by atoms with E-state index in [4.69, 9.17) is 0 Å². The first-order valence-electron chi connectivity index (χ1n) is 8.33. The second-order valence-corrected chi connectivity index (χ2v) is 6.19. The molecule has 3 aromatic heterocycles. The van der Waals surface area contributed by atoms with Gasteiger partial charge in [0.1, 0.15) is 11.9 Å². The number of fused-ring (bicyclic) bond motifs is 1. The summed E-state index contributed by atoms with van der Waals surface area (Å²) in [7, 11) is 0. The molecule has 0 aromatic carbocycles. The van der Waals surface area contributed by atoms with Gasteiger partial charge in [-0.2, -0.15) is 13.2 Å². The average Bonchev–Trinajstić information content (AvgIpc) is 3.29. The first kappa shape index (κ1) is 17.3. The van der Waals surface area contributed by atoms with Crippen LogP contribution in [-0.2, 0) is 0 Å². The van der Waals surface area contributed by atoms with E-state index in [9.17, 15) is 18.0 Å². The molecule has 4 heterocycles. The van der Waals surface area contributed by atoms with Crippen molar-refractivity contribution in [3.05, 3.63) is 48.5 Å². The van der Waals surface area contributed by atoms with E-state index in [1.165, 1.54) is 27.9 Å². The highest BCUT2D eigenvalue weighted by atomic mass is 19.4. The van der Waals surface area contributed by atoms with Crippen LogP contribution in [0.2, 0.25) is 0 Å². The van der Waals surface area contributed by atoms with Gasteiger partial charge in [0.15, 0.2) is 11.3 Å². The second-order valence-electron chi connectivity index (χ2n) is 6.19. The van der Waals surface area contributed by atoms with Crippen LogP contribution in [-0.4, -0.2) is 44.3 Å². The molecule has 0 aliphatic carbocycles. The van der Waals surface area contributed by atoms with Gasteiger partial charge in [0, 0.05) is 12.7 Å². The molecule has 7 nitrogen and oxygen atoms in total. The molecular formula is C17H15F3N6O. The summed E-state index contributed by atoms with van der Waals surface area (Å²) in [5.74, 6) is -0.315. The van der Waals surface area contributed by atoms with Gasteiger partial charge in [-0.3, -0.25) is 9.78 Å². The third-order valence-electron chi connectivity index (χ3n) is 4.43. The first-order chi connectivity index (χ1) is 12.9. The van der Waals surface area contributed by atoms with Crippen molar-refractivity contribution in [3.63, 3.8) is 0 Å². The predicted molar refractivity (Wildman–Crippen MR) is 91.6 cm³/mol. The maximum absolute atomic E-state index is 13.2. The quantitative estimate of drug-likeness (QED) is 0.761. The van der Waals surface area contributed by atoms with Crippen molar-refractivity contribution >= 4 is 23.1 Å². The van der Waals surface area contributed by atoms with Crippen molar-refractivity contribution in [2.24, 2.45) is 0 Å². The molecule has 1 saturated heterocycles. The number of carbonyl (C=O) groups excluding carboxylic acids is 1. The molecule has 0 radical (unpaired) electrons. The van der Waals surface area contributed by atoms with Crippen LogP contribution in [0.3, 0.4) is 0 Å². The van der Waals surface area contributed by atoms with Gasteiger partial charge < -0.3 is 10.2 Å². The van der Waals surface area contributed by atoms with Crippen molar-refractivity contribution < 1.29 is 18.0 Å². The highest BCUT2D eigenvalue weighted by Crippen LogP contribution is 2.35. The Morgan fingerprint density at radius 2 is 2.07 bits per heavy atom. The van der Waals surface area contributed by atoms with Gasteiger partial charge in [-0.25, -0.2) is 9.50 Å². The fourth-order valence-electron chi connectivity index (χ4n) is 3.18. The molecule has 0 spiro atoms. The second kappa shape index (κ2) is 6.53. The number of nitrogens with one attached hydrogen (secondary N) is 1. The van der Waals surface area contributed by atoms with Crippen LogP contribution in [0.25, 0.3) is 5.65 Å². The molecule has 1 amide bonds. The highest BCUT2D eigenvalue weighted by Gasteiger charge is 2.46. The minimum Gasteiger partial charge on any atom is -0.343 e. The van der Waals surface area contributed by atoms with Crippen LogP contribution in [0.1, 0.15) is 23.3 Å². The number of hydrogen-bond acceptors (Lipinski definition) is 5. The molecular weight excluding hydrogens is 361 g/mol. The summed E-state index contributed by atoms with van der Waals surface area (Å²) in [6, 6.07) is 4.82. The minimum absolute atomic E-state index is 0.0293. The van der Waals surface area contributed by atoms with Gasteiger partial charge in [-0.05, 0) is 37.1 Å². The summed E-state index contributed by atoms with van der Waals surface area (Å²) in [4.78, 5) is 21.7. The number of imidazole rings is 1. The first-order valence-corrected chi connectivity index (χ1v) is 8.33. The highest BCUT2D eigenvalue weighted by molar-refractivity contribution is 6.03. The topological polar surface area (TPSA) is 75.4 Å². The van der Waals surface area contributed by atoms with Crippen molar-refractivity contribution in [2.45, 2.75) is 25.1 Å². The zero-order valence-corrected chi connectivity index (χ0v) is 14.0. The number of rotatable bonds is 3. The SMILES string of the molecule is O=C(Nc1cccnc1)c1cnc2ccc(N3CCC[C@@H]3C(F)(F)F)nn12. The number of anilines is 2. The van der Waals surface area contributed by atoms with E-state index < -0.39 is 18.1 Å². The third kappa shape index (κ3) is 3.29. The molecule has 0 bridgehead atoms. The standard InChI is InChI=1S/C17H15F3N6O/c18-17(19,20)13-4-2-8-25(13)15-6-5-14-22-10-12(26(14)24-15)16(27)23-11-3-1-7-21-9-11/h1,3,5-7,9-10,13H,2,4,8H2,(H,23,27)/t13-/m1/s1. The molecule has 1 fully saturated rings. The lowest BCUT2D eigenvalue weighted by atomic mass is 10.2. The summed E-state index contributed by atoms with van der Waals surface area (Å²) in [5, 5.41) is 6.91. The van der Waals surface area contributed by atoms with Gasteiger partial charge in [-0.15, -0.1) is 5.10 Å². The van der Waals surface area contributed by atoms with E-state index in [0.29, 0.717) is 17.8 Å². The molecule has 1 aliphatic heterocycles. The lowest BCUT2D eigenvalue weighted by Crippen LogP contribution is -2.41. The maximum atomic E-state index is 13.2. The van der Waals surface area contributed by atoms with Crippen molar-refractivity contribution in [1.82, 2.24) is 19.6 Å². The fourth-order valence-corrected chi connectivity index (χ4v) is 3.18. The summed E-state index contributed by atoms with van der Waals surface area (Å²) in [6.45, 7) is 0.259. The molecule has 0 unspecified atom stereocenters. The van der Waals surface area contributed by atoms with Crippen LogP contribution in [0.4, 0.5) is 24.7 Å². The number of nitrogens with zero attached hydrogens (tertiary/aromatic N) is 5. The maximum Gasteiger partial charge on any atom is 0.408 e. The number of alkyl halides is 3. The third-order valence-corrected chi connectivity index (χ3v) is 4.43. The fraction of sp³-hybridized carbons (Fsp3) is 0.294. The van der Waals surface area contributed by atoms with Crippen molar-refractivity contribution in [3.8, 4) is 0 Å².